The van der Waals surface area contributed by atoms with Gasteiger partial charge in [0.2, 0.25) is 5.89 Å². The summed E-state index contributed by atoms with van der Waals surface area (Å²) < 4.78 is 32.7. The number of sulfonamides is 1. The number of rotatable bonds is 7. The molecule has 0 radical (unpaired) electrons. The average molecular weight is 433 g/mol. The Hall–Kier alpha value is -2.72. The van der Waals surface area contributed by atoms with Crippen LogP contribution in [0.15, 0.2) is 50.5 Å². The van der Waals surface area contributed by atoms with Gasteiger partial charge < -0.3 is 9.84 Å². The number of thiophene rings is 1. The molecule has 4 rings (SSSR count). The number of anilines is 1. The fourth-order valence-electron chi connectivity index (χ4n) is 3.17. The highest BCUT2D eigenvalue weighted by atomic mass is 32.2. The summed E-state index contributed by atoms with van der Waals surface area (Å²) in [4.78, 5) is 17.2. The lowest BCUT2D eigenvalue weighted by Crippen LogP contribution is -2.46. The Labute approximate surface area is 172 Å². The Morgan fingerprint density at radius 3 is 2.69 bits per heavy atom. The SMILES string of the molecule is Cc1nc(C(C)(NC(=O)c2cccc(NS(=O)(=O)c3cccs3)c2)C2CC2)no1. The first-order chi connectivity index (χ1) is 13.8. The molecule has 1 aromatic carbocycles. The van der Waals surface area contributed by atoms with E-state index in [0.29, 0.717) is 23.0 Å². The highest BCUT2D eigenvalue weighted by Gasteiger charge is 2.47. The minimum Gasteiger partial charge on any atom is -0.340 e. The second kappa shape index (κ2) is 7.27. The molecule has 1 aliphatic rings. The molecule has 1 saturated carbocycles. The molecule has 2 aromatic heterocycles. The summed E-state index contributed by atoms with van der Waals surface area (Å²) in [5.74, 6) is 0.773. The Morgan fingerprint density at radius 1 is 1.28 bits per heavy atom. The van der Waals surface area contributed by atoms with E-state index in [1.807, 2.05) is 6.92 Å². The van der Waals surface area contributed by atoms with Gasteiger partial charge in [0.25, 0.3) is 15.9 Å². The molecule has 3 aromatic rings. The molecule has 0 bridgehead atoms. The number of carbonyl (C=O) groups is 1. The zero-order valence-corrected chi connectivity index (χ0v) is 17.5. The van der Waals surface area contributed by atoms with Crippen molar-refractivity contribution in [1.82, 2.24) is 15.5 Å². The summed E-state index contributed by atoms with van der Waals surface area (Å²) in [5.41, 5.74) is -0.0977. The fraction of sp³-hybridized carbons (Fsp3) is 0.316. The van der Waals surface area contributed by atoms with Gasteiger partial charge in [-0.1, -0.05) is 17.3 Å². The lowest BCUT2D eigenvalue weighted by Gasteiger charge is -2.27. The summed E-state index contributed by atoms with van der Waals surface area (Å²) in [6, 6.07) is 9.57. The van der Waals surface area contributed by atoms with Crippen molar-refractivity contribution >= 4 is 33.0 Å². The van der Waals surface area contributed by atoms with Crippen LogP contribution in [0.2, 0.25) is 0 Å². The monoisotopic (exact) mass is 432 g/mol. The first kappa shape index (κ1) is 19.6. The van der Waals surface area contributed by atoms with Crippen molar-refractivity contribution in [3.63, 3.8) is 0 Å². The molecule has 1 fully saturated rings. The van der Waals surface area contributed by atoms with Gasteiger partial charge in [-0.3, -0.25) is 9.52 Å². The number of nitrogens with one attached hydrogen (secondary N) is 2. The molecule has 10 heteroatoms. The predicted octanol–water partition coefficient (Wildman–Crippen LogP) is 3.30. The van der Waals surface area contributed by atoms with Crippen LogP contribution in [0.3, 0.4) is 0 Å². The molecular weight excluding hydrogens is 412 g/mol. The third-order valence-corrected chi connectivity index (χ3v) is 7.67. The molecule has 1 atom stereocenters. The Kier molecular flexibility index (Phi) is 4.91. The summed E-state index contributed by atoms with van der Waals surface area (Å²) in [7, 11) is -3.69. The number of carbonyl (C=O) groups excluding carboxylic acids is 1. The highest BCUT2D eigenvalue weighted by Crippen LogP contribution is 2.44. The molecule has 0 spiro atoms. The van der Waals surface area contributed by atoms with Crippen molar-refractivity contribution in [3.05, 3.63) is 59.1 Å². The molecule has 2 heterocycles. The van der Waals surface area contributed by atoms with Crippen LogP contribution < -0.4 is 10.0 Å². The van der Waals surface area contributed by atoms with Gasteiger partial charge in [-0.15, -0.1) is 11.3 Å². The molecule has 152 valence electrons. The van der Waals surface area contributed by atoms with Crippen LogP contribution in [-0.2, 0) is 15.6 Å². The number of aromatic nitrogens is 2. The highest BCUT2D eigenvalue weighted by molar-refractivity contribution is 7.94. The van der Waals surface area contributed by atoms with Crippen LogP contribution in [0, 0.1) is 12.8 Å². The number of amides is 1. The third kappa shape index (κ3) is 4.03. The normalized spacial score (nSPS) is 16.2. The van der Waals surface area contributed by atoms with Crippen LogP contribution in [0.1, 0.15) is 41.8 Å². The van der Waals surface area contributed by atoms with Crippen molar-refractivity contribution in [2.24, 2.45) is 5.92 Å². The number of hydrogen-bond acceptors (Lipinski definition) is 7. The van der Waals surface area contributed by atoms with E-state index in [1.54, 1.807) is 36.6 Å². The van der Waals surface area contributed by atoms with Crippen molar-refractivity contribution in [3.8, 4) is 0 Å². The molecule has 1 unspecified atom stereocenters. The molecule has 0 saturated heterocycles. The number of aryl methyl sites for hydroxylation is 1. The maximum absolute atomic E-state index is 12.9. The van der Waals surface area contributed by atoms with Gasteiger partial charge in [-0.05, 0) is 55.3 Å². The summed E-state index contributed by atoms with van der Waals surface area (Å²) in [6.45, 7) is 3.59. The molecule has 2 N–H and O–H groups in total. The van der Waals surface area contributed by atoms with Gasteiger partial charge in [0.1, 0.15) is 9.75 Å². The summed E-state index contributed by atoms with van der Waals surface area (Å²) in [5, 5.41) is 8.71. The number of nitrogens with zero attached hydrogens (tertiary/aromatic N) is 2. The Morgan fingerprint density at radius 2 is 2.07 bits per heavy atom. The summed E-state index contributed by atoms with van der Waals surface area (Å²) >= 11 is 1.12. The van der Waals surface area contributed by atoms with Crippen molar-refractivity contribution in [2.45, 2.75) is 36.4 Å². The number of benzene rings is 1. The second-order valence-electron chi connectivity index (χ2n) is 7.19. The van der Waals surface area contributed by atoms with Gasteiger partial charge in [-0.25, -0.2) is 8.42 Å². The predicted molar refractivity (Wildman–Crippen MR) is 108 cm³/mol. The third-order valence-electron chi connectivity index (χ3n) is 4.90. The zero-order chi connectivity index (χ0) is 20.6. The van der Waals surface area contributed by atoms with Crippen molar-refractivity contribution in [2.75, 3.05) is 4.72 Å². The van der Waals surface area contributed by atoms with Crippen LogP contribution in [0.25, 0.3) is 0 Å². The van der Waals surface area contributed by atoms with Crippen molar-refractivity contribution in [1.29, 1.82) is 0 Å². The van der Waals surface area contributed by atoms with Crippen LogP contribution in [0.4, 0.5) is 5.69 Å². The lowest BCUT2D eigenvalue weighted by molar-refractivity contribution is 0.0885. The van der Waals surface area contributed by atoms with Crippen LogP contribution in [-0.4, -0.2) is 24.5 Å². The quantitative estimate of drug-likeness (QED) is 0.592. The van der Waals surface area contributed by atoms with Crippen molar-refractivity contribution < 1.29 is 17.7 Å². The molecule has 29 heavy (non-hydrogen) atoms. The topological polar surface area (TPSA) is 114 Å². The van der Waals surface area contributed by atoms with Crippen LogP contribution in [0.5, 0.6) is 0 Å². The fourth-order valence-corrected chi connectivity index (χ4v) is 5.21. The average Bonchev–Trinajstić information content (AvgIpc) is 3.20. The molecule has 1 amide bonds. The van der Waals surface area contributed by atoms with Crippen LogP contribution >= 0.6 is 11.3 Å². The molecule has 0 aliphatic heterocycles. The lowest BCUT2D eigenvalue weighted by atomic mass is 9.94. The smallest absolute Gasteiger partial charge is 0.271 e. The largest absolute Gasteiger partial charge is 0.340 e. The Balaban J connectivity index is 1.55. The minimum absolute atomic E-state index is 0.209. The van der Waals surface area contributed by atoms with Gasteiger partial charge in [0.15, 0.2) is 5.82 Å². The first-order valence-corrected chi connectivity index (χ1v) is 11.4. The first-order valence-electron chi connectivity index (χ1n) is 9.07. The van der Waals surface area contributed by atoms with E-state index in [1.165, 1.54) is 12.1 Å². The van der Waals surface area contributed by atoms with E-state index in [9.17, 15) is 13.2 Å². The Bertz CT molecular complexity index is 1140. The van der Waals surface area contributed by atoms with E-state index >= 15 is 0 Å². The van der Waals surface area contributed by atoms with E-state index in [0.717, 1.165) is 24.2 Å². The molecule has 1 aliphatic carbocycles. The zero-order valence-electron chi connectivity index (χ0n) is 15.9. The summed E-state index contributed by atoms with van der Waals surface area (Å²) in [6.07, 6.45) is 1.93. The van der Waals surface area contributed by atoms with E-state index in [-0.39, 0.29) is 16.0 Å². The molecular formula is C19H20N4O4S2. The maximum atomic E-state index is 12.9. The van der Waals surface area contributed by atoms with Gasteiger partial charge in [0, 0.05) is 18.2 Å². The van der Waals surface area contributed by atoms with E-state index < -0.39 is 15.6 Å². The number of hydrogen-bond donors (Lipinski definition) is 2. The van der Waals surface area contributed by atoms with Gasteiger partial charge in [0.05, 0.1) is 0 Å². The minimum atomic E-state index is -3.69. The maximum Gasteiger partial charge on any atom is 0.271 e. The van der Waals surface area contributed by atoms with Gasteiger partial charge in [-0.2, -0.15) is 4.98 Å². The standard InChI is InChI=1S/C19H20N4O4S2/c1-12-20-18(22-27-12)19(2,14-8-9-14)21-17(24)13-5-3-6-15(11-13)23-29(25,26)16-7-4-10-28-16/h3-7,10-11,14,23H,8-9H2,1-2H3,(H,21,24). The van der Waals surface area contributed by atoms with E-state index in [2.05, 4.69) is 20.2 Å². The van der Waals surface area contributed by atoms with Gasteiger partial charge >= 0.3 is 0 Å². The molecule has 8 nitrogen and oxygen atoms in total. The van der Waals surface area contributed by atoms with E-state index in [4.69, 9.17) is 4.52 Å². The second-order valence-corrected chi connectivity index (χ2v) is 10.0.